The maximum absolute atomic E-state index is 12.6. The van der Waals surface area contributed by atoms with Crippen molar-refractivity contribution in [2.45, 2.75) is 6.18 Å². The summed E-state index contributed by atoms with van der Waals surface area (Å²) in [4.78, 5) is 0. The van der Waals surface area contributed by atoms with Crippen LogP contribution in [0, 0.1) is 22.7 Å². The van der Waals surface area contributed by atoms with Gasteiger partial charge >= 0.3 is 6.18 Å². The van der Waals surface area contributed by atoms with E-state index in [9.17, 15) is 13.2 Å². The predicted molar refractivity (Wildman–Crippen MR) is 69.4 cm³/mol. The Morgan fingerprint density at radius 2 is 1.70 bits per heavy atom. The molecule has 0 aliphatic heterocycles. The van der Waals surface area contributed by atoms with E-state index < -0.39 is 21.8 Å². The van der Waals surface area contributed by atoms with Gasteiger partial charge in [0.05, 0.1) is 26.3 Å². The fourth-order valence-corrected chi connectivity index (χ4v) is 1.99. The number of benzene rings is 1. The van der Waals surface area contributed by atoms with Crippen LogP contribution in [0.1, 0.15) is 5.56 Å². The average Bonchev–Trinajstić information content (AvgIpc) is 2.37. The van der Waals surface area contributed by atoms with Crippen LogP contribution in [0.4, 0.5) is 18.9 Å². The van der Waals surface area contributed by atoms with E-state index in [1.807, 2.05) is 0 Å². The number of hydrogen-bond acceptors (Lipinski definition) is 3. The Balaban J connectivity index is 3.34. The summed E-state index contributed by atoms with van der Waals surface area (Å²) >= 11 is 16.9. The lowest BCUT2D eigenvalue weighted by atomic mass is 10.2. The Morgan fingerprint density at radius 1 is 1.15 bits per heavy atom. The second kappa shape index (κ2) is 6.23. The highest BCUT2D eigenvalue weighted by Crippen LogP contribution is 2.44. The smallest absolute Gasteiger partial charge is 0.357 e. The lowest BCUT2D eigenvalue weighted by Crippen LogP contribution is -2.07. The molecule has 0 aromatic heterocycles. The average molecular weight is 341 g/mol. The highest BCUT2D eigenvalue weighted by molar-refractivity contribution is 6.46. The molecule has 0 fully saturated rings. The number of nitriles is 2. The highest BCUT2D eigenvalue weighted by atomic mass is 35.5. The molecule has 0 saturated heterocycles. The quantitative estimate of drug-likeness (QED) is 0.608. The zero-order valence-corrected chi connectivity index (χ0v) is 11.6. The van der Waals surface area contributed by atoms with E-state index in [4.69, 9.17) is 45.3 Å². The number of alkyl halides is 3. The summed E-state index contributed by atoms with van der Waals surface area (Å²) in [5.41, 5.74) is -1.62. The normalized spacial score (nSPS) is 10.4. The van der Waals surface area contributed by atoms with Gasteiger partial charge in [-0.15, -0.1) is 0 Å². The summed E-state index contributed by atoms with van der Waals surface area (Å²) < 4.78 is 37.9. The van der Waals surface area contributed by atoms with E-state index in [-0.39, 0.29) is 16.3 Å². The number of nitrogens with zero attached hydrogens (tertiary/aromatic N) is 2. The molecular weight excluding hydrogens is 337 g/mol. The van der Waals surface area contributed by atoms with E-state index >= 15 is 0 Å². The van der Waals surface area contributed by atoms with Crippen LogP contribution >= 0.6 is 34.8 Å². The molecule has 9 heteroatoms. The lowest BCUT2D eigenvalue weighted by molar-refractivity contribution is -0.137. The first-order valence-electron chi connectivity index (χ1n) is 4.74. The van der Waals surface area contributed by atoms with Gasteiger partial charge in [0.2, 0.25) is 0 Å². The first-order chi connectivity index (χ1) is 9.22. The fraction of sp³-hybridized carbons (Fsp3) is 0.0909. The van der Waals surface area contributed by atoms with Gasteiger partial charge in [0.25, 0.3) is 0 Å². The van der Waals surface area contributed by atoms with Crippen molar-refractivity contribution in [2.75, 3.05) is 5.32 Å². The maximum atomic E-state index is 12.6. The number of nitrogens with one attached hydrogen (secondary N) is 1. The molecule has 1 rings (SSSR count). The molecule has 0 heterocycles. The first-order valence-corrected chi connectivity index (χ1v) is 5.87. The molecule has 0 saturated carbocycles. The molecule has 0 radical (unpaired) electrons. The molecule has 1 aromatic carbocycles. The van der Waals surface area contributed by atoms with Crippen molar-refractivity contribution < 1.29 is 13.2 Å². The summed E-state index contributed by atoms with van der Waals surface area (Å²) in [6.07, 6.45) is -3.75. The summed E-state index contributed by atoms with van der Waals surface area (Å²) in [6.45, 7) is 0. The molecule has 0 atom stereocenters. The molecule has 104 valence electrons. The summed E-state index contributed by atoms with van der Waals surface area (Å²) in [5.74, 6) is 0. The number of allylic oxidation sites excluding steroid dienone is 1. The third kappa shape index (κ3) is 3.49. The monoisotopic (exact) mass is 339 g/mol. The minimum atomic E-state index is -4.71. The molecule has 0 aliphatic carbocycles. The Morgan fingerprint density at radius 3 is 2.15 bits per heavy atom. The number of hydrogen-bond donors (Lipinski definition) is 1. The van der Waals surface area contributed by atoms with Crippen LogP contribution in [-0.4, -0.2) is 0 Å². The van der Waals surface area contributed by atoms with Crippen LogP contribution in [0.3, 0.4) is 0 Å². The third-order valence-corrected chi connectivity index (χ3v) is 3.23. The Hall–Kier alpha value is -1.60. The standard InChI is InChI=1S/C11H3Cl3F3N3/c12-7-1-6(11(15,16)17)8(13)9(14)10(7)20-4-5(2-18)3-19/h1,4,20H. The van der Waals surface area contributed by atoms with Crippen molar-refractivity contribution in [2.24, 2.45) is 0 Å². The van der Waals surface area contributed by atoms with Gasteiger partial charge in [0, 0.05) is 6.20 Å². The van der Waals surface area contributed by atoms with E-state index in [1.54, 1.807) is 12.1 Å². The van der Waals surface area contributed by atoms with E-state index in [1.165, 1.54) is 0 Å². The molecule has 0 unspecified atom stereocenters. The molecule has 20 heavy (non-hydrogen) atoms. The van der Waals surface area contributed by atoms with Gasteiger partial charge in [0.15, 0.2) is 0 Å². The van der Waals surface area contributed by atoms with Gasteiger partial charge in [-0.2, -0.15) is 23.7 Å². The molecular formula is C11H3Cl3F3N3. The van der Waals surface area contributed by atoms with Crippen LogP contribution in [0.2, 0.25) is 15.1 Å². The minimum absolute atomic E-state index is 0.130. The molecule has 0 bridgehead atoms. The highest BCUT2D eigenvalue weighted by Gasteiger charge is 2.35. The fourth-order valence-electron chi connectivity index (χ4n) is 1.17. The second-order valence-corrected chi connectivity index (χ2v) is 4.50. The maximum Gasteiger partial charge on any atom is 0.417 e. The SMILES string of the molecule is N#CC(C#N)=CNc1c(Cl)cc(C(F)(F)F)c(Cl)c1Cl. The molecule has 3 nitrogen and oxygen atoms in total. The van der Waals surface area contributed by atoms with Gasteiger partial charge in [-0.3, -0.25) is 0 Å². The molecule has 0 amide bonds. The van der Waals surface area contributed by atoms with Crippen molar-refractivity contribution in [3.63, 3.8) is 0 Å². The van der Waals surface area contributed by atoms with E-state index in [0.717, 1.165) is 6.20 Å². The Bertz CT molecular complexity index is 638. The van der Waals surface area contributed by atoms with Crippen molar-refractivity contribution >= 4 is 40.5 Å². The van der Waals surface area contributed by atoms with Crippen LogP contribution in [0.15, 0.2) is 17.8 Å². The van der Waals surface area contributed by atoms with Gasteiger partial charge in [-0.25, -0.2) is 0 Å². The van der Waals surface area contributed by atoms with Crippen LogP contribution in [0.5, 0.6) is 0 Å². The minimum Gasteiger partial charge on any atom is -0.357 e. The number of rotatable bonds is 2. The first kappa shape index (κ1) is 16.5. The van der Waals surface area contributed by atoms with Crippen LogP contribution in [-0.2, 0) is 6.18 Å². The van der Waals surface area contributed by atoms with Gasteiger partial charge in [0.1, 0.15) is 17.7 Å². The predicted octanol–water partition coefficient (Wildman–Crippen LogP) is 5.01. The van der Waals surface area contributed by atoms with Crippen LogP contribution < -0.4 is 5.32 Å². The summed E-state index contributed by atoms with van der Waals surface area (Å²) in [5, 5.41) is 17.9. The molecule has 1 aromatic rings. The third-order valence-electron chi connectivity index (χ3n) is 2.07. The Kier molecular flexibility index (Phi) is 5.13. The van der Waals surface area contributed by atoms with Gasteiger partial charge in [-0.05, 0) is 6.07 Å². The van der Waals surface area contributed by atoms with Crippen molar-refractivity contribution in [1.82, 2.24) is 0 Å². The summed E-state index contributed by atoms with van der Waals surface area (Å²) in [6, 6.07) is 3.70. The van der Waals surface area contributed by atoms with Crippen molar-refractivity contribution in [3.05, 3.63) is 38.5 Å². The van der Waals surface area contributed by atoms with E-state index in [0.29, 0.717) is 6.07 Å². The largest absolute Gasteiger partial charge is 0.417 e. The summed E-state index contributed by atoms with van der Waals surface area (Å²) in [7, 11) is 0. The molecule has 0 aliphatic rings. The topological polar surface area (TPSA) is 59.6 Å². The zero-order chi connectivity index (χ0) is 15.5. The van der Waals surface area contributed by atoms with Crippen LogP contribution in [0.25, 0.3) is 0 Å². The zero-order valence-electron chi connectivity index (χ0n) is 9.32. The molecule has 0 spiro atoms. The van der Waals surface area contributed by atoms with Crippen molar-refractivity contribution in [1.29, 1.82) is 10.5 Å². The second-order valence-electron chi connectivity index (χ2n) is 3.33. The van der Waals surface area contributed by atoms with Gasteiger partial charge < -0.3 is 5.32 Å². The number of halogens is 6. The molecule has 1 N–H and O–H groups in total. The lowest BCUT2D eigenvalue weighted by Gasteiger charge is -2.14. The van der Waals surface area contributed by atoms with E-state index in [2.05, 4.69) is 5.32 Å². The van der Waals surface area contributed by atoms with Crippen molar-refractivity contribution in [3.8, 4) is 12.1 Å². The van der Waals surface area contributed by atoms with Gasteiger partial charge in [-0.1, -0.05) is 34.8 Å². The Labute approximate surface area is 126 Å². The number of anilines is 1.